The van der Waals surface area contributed by atoms with E-state index in [4.69, 9.17) is 0 Å². The monoisotopic (exact) mass is 354 g/mol. The average Bonchev–Trinajstić information content (AvgIpc) is 3.04. The third-order valence-electron chi connectivity index (χ3n) is 3.62. The largest absolute Gasteiger partial charge is 0.302 e. The second-order valence-electron chi connectivity index (χ2n) is 5.48. The fourth-order valence-corrected chi connectivity index (χ4v) is 3.42. The lowest BCUT2D eigenvalue weighted by atomic mass is 10.1. The zero-order valence-electron chi connectivity index (χ0n) is 13.6. The molecule has 2 aromatic carbocycles. The van der Waals surface area contributed by atoms with Gasteiger partial charge in [-0.3, -0.25) is 4.79 Å². The van der Waals surface area contributed by atoms with Crippen LogP contribution in [-0.4, -0.2) is 17.1 Å². The molecule has 0 unspecified atom stereocenters. The summed E-state index contributed by atoms with van der Waals surface area (Å²) < 4.78 is 0. The van der Waals surface area contributed by atoms with Crippen LogP contribution in [0.2, 0.25) is 0 Å². The van der Waals surface area contributed by atoms with Crippen molar-refractivity contribution in [3.8, 4) is 11.3 Å². The van der Waals surface area contributed by atoms with Crippen LogP contribution in [0.25, 0.3) is 11.3 Å². The lowest BCUT2D eigenvalue weighted by molar-refractivity contribution is -0.115. The fourth-order valence-electron chi connectivity index (χ4n) is 2.28. The van der Waals surface area contributed by atoms with Crippen molar-refractivity contribution >= 4 is 34.1 Å². The fraction of sp³-hybridized carbons (Fsp3) is 0.158. The van der Waals surface area contributed by atoms with E-state index in [0.717, 1.165) is 16.8 Å². The smallest absolute Gasteiger partial charge is 0.230 e. The molecular formula is C19H18N2OS2. The number of aryl methyl sites for hydroxylation is 1. The highest BCUT2D eigenvalue weighted by Crippen LogP contribution is 2.25. The number of rotatable bonds is 5. The van der Waals surface area contributed by atoms with Crippen molar-refractivity contribution < 1.29 is 4.79 Å². The Balaban J connectivity index is 1.63. The van der Waals surface area contributed by atoms with Crippen LogP contribution >= 0.6 is 23.1 Å². The van der Waals surface area contributed by atoms with Crippen molar-refractivity contribution in [2.24, 2.45) is 0 Å². The second-order valence-corrected chi connectivity index (χ2v) is 7.21. The molecule has 0 atom stereocenters. The Morgan fingerprint density at radius 3 is 2.50 bits per heavy atom. The van der Waals surface area contributed by atoms with E-state index in [-0.39, 0.29) is 5.91 Å². The molecule has 122 valence electrons. The molecule has 0 fully saturated rings. The number of benzene rings is 2. The maximum Gasteiger partial charge on any atom is 0.230 e. The summed E-state index contributed by atoms with van der Waals surface area (Å²) in [6.45, 7) is 2.06. The zero-order valence-corrected chi connectivity index (χ0v) is 15.2. The van der Waals surface area contributed by atoms with Gasteiger partial charge in [-0.2, -0.15) is 0 Å². The van der Waals surface area contributed by atoms with Gasteiger partial charge >= 0.3 is 0 Å². The Bertz CT molecular complexity index is 823. The third kappa shape index (κ3) is 4.24. The molecule has 1 heterocycles. The van der Waals surface area contributed by atoms with Gasteiger partial charge in [0.05, 0.1) is 12.1 Å². The predicted molar refractivity (Wildman–Crippen MR) is 103 cm³/mol. The van der Waals surface area contributed by atoms with E-state index in [9.17, 15) is 4.79 Å². The molecule has 0 saturated heterocycles. The van der Waals surface area contributed by atoms with Crippen LogP contribution in [0.4, 0.5) is 5.13 Å². The number of aromatic nitrogens is 1. The Morgan fingerprint density at radius 2 is 1.83 bits per heavy atom. The first-order chi connectivity index (χ1) is 11.6. The number of amides is 1. The Labute approximate surface area is 150 Å². The summed E-state index contributed by atoms with van der Waals surface area (Å²) in [7, 11) is 0. The van der Waals surface area contributed by atoms with Gasteiger partial charge in [0.15, 0.2) is 5.13 Å². The minimum Gasteiger partial charge on any atom is -0.302 e. The van der Waals surface area contributed by atoms with Gasteiger partial charge < -0.3 is 5.32 Å². The molecule has 1 N–H and O–H groups in total. The molecule has 0 bridgehead atoms. The van der Waals surface area contributed by atoms with Crippen molar-refractivity contribution in [1.29, 1.82) is 0 Å². The van der Waals surface area contributed by atoms with Crippen molar-refractivity contribution in [1.82, 2.24) is 4.98 Å². The van der Waals surface area contributed by atoms with E-state index in [2.05, 4.69) is 29.4 Å². The number of thiazole rings is 1. The maximum absolute atomic E-state index is 12.2. The molecule has 24 heavy (non-hydrogen) atoms. The van der Waals surface area contributed by atoms with E-state index in [0.29, 0.717) is 11.6 Å². The highest BCUT2D eigenvalue weighted by molar-refractivity contribution is 7.98. The minimum absolute atomic E-state index is 0.0447. The summed E-state index contributed by atoms with van der Waals surface area (Å²) in [5, 5.41) is 5.49. The van der Waals surface area contributed by atoms with Crippen molar-refractivity contribution in [2.45, 2.75) is 18.2 Å². The molecule has 0 spiro atoms. The van der Waals surface area contributed by atoms with Crippen LogP contribution in [0.1, 0.15) is 11.1 Å². The van der Waals surface area contributed by atoms with Gasteiger partial charge in [-0.15, -0.1) is 23.1 Å². The Hall–Kier alpha value is -2.11. The Morgan fingerprint density at radius 1 is 1.12 bits per heavy atom. The van der Waals surface area contributed by atoms with Gasteiger partial charge in [0.2, 0.25) is 5.91 Å². The molecule has 3 rings (SSSR count). The highest BCUT2D eigenvalue weighted by atomic mass is 32.2. The molecule has 0 aliphatic carbocycles. The van der Waals surface area contributed by atoms with Crippen molar-refractivity contribution in [2.75, 3.05) is 11.6 Å². The summed E-state index contributed by atoms with van der Waals surface area (Å²) in [4.78, 5) is 17.9. The molecule has 1 amide bonds. The Kier molecular flexibility index (Phi) is 5.33. The molecule has 3 aromatic rings. The zero-order chi connectivity index (χ0) is 16.9. The lowest BCUT2D eigenvalue weighted by Gasteiger charge is -2.03. The molecule has 0 aliphatic rings. The maximum atomic E-state index is 12.2. The molecule has 5 heteroatoms. The highest BCUT2D eigenvalue weighted by Gasteiger charge is 2.09. The summed E-state index contributed by atoms with van der Waals surface area (Å²) >= 11 is 3.14. The molecule has 1 aromatic heterocycles. The summed E-state index contributed by atoms with van der Waals surface area (Å²) in [5.41, 5.74) is 4.17. The quantitative estimate of drug-likeness (QED) is 0.654. The van der Waals surface area contributed by atoms with Gasteiger partial charge in [-0.05, 0) is 30.9 Å². The van der Waals surface area contributed by atoms with E-state index in [1.165, 1.54) is 21.8 Å². The van der Waals surface area contributed by atoms with Crippen LogP contribution < -0.4 is 5.32 Å². The van der Waals surface area contributed by atoms with Crippen LogP contribution in [0.15, 0.2) is 58.8 Å². The van der Waals surface area contributed by atoms with E-state index >= 15 is 0 Å². The summed E-state index contributed by atoms with van der Waals surface area (Å²) in [5.74, 6) is -0.0447. The van der Waals surface area contributed by atoms with Gasteiger partial charge in [-0.1, -0.05) is 42.0 Å². The molecule has 0 saturated carbocycles. The predicted octanol–water partition coefficient (Wildman–Crippen LogP) is 5.02. The van der Waals surface area contributed by atoms with E-state index in [1.54, 1.807) is 11.8 Å². The van der Waals surface area contributed by atoms with Gasteiger partial charge in [0, 0.05) is 15.8 Å². The first-order valence-corrected chi connectivity index (χ1v) is 9.70. The van der Waals surface area contributed by atoms with E-state index in [1.807, 2.05) is 48.0 Å². The number of thioether (sulfide) groups is 1. The first-order valence-electron chi connectivity index (χ1n) is 7.59. The second kappa shape index (κ2) is 7.64. The minimum atomic E-state index is -0.0447. The van der Waals surface area contributed by atoms with E-state index < -0.39 is 0 Å². The van der Waals surface area contributed by atoms with Gasteiger partial charge in [-0.25, -0.2) is 4.98 Å². The topological polar surface area (TPSA) is 42.0 Å². The number of hydrogen-bond acceptors (Lipinski definition) is 4. The van der Waals surface area contributed by atoms with Crippen LogP contribution in [0.5, 0.6) is 0 Å². The SMILES string of the molecule is CSc1ccc(CC(=O)Nc2nc(-c3ccc(C)cc3)cs2)cc1. The summed E-state index contributed by atoms with van der Waals surface area (Å²) in [6, 6.07) is 16.3. The van der Waals surface area contributed by atoms with Crippen LogP contribution in [0.3, 0.4) is 0 Å². The molecular weight excluding hydrogens is 336 g/mol. The molecule has 0 radical (unpaired) electrons. The van der Waals surface area contributed by atoms with Crippen LogP contribution in [0, 0.1) is 6.92 Å². The average molecular weight is 354 g/mol. The van der Waals surface area contributed by atoms with Crippen LogP contribution in [-0.2, 0) is 11.2 Å². The third-order valence-corrected chi connectivity index (χ3v) is 5.12. The van der Waals surface area contributed by atoms with Gasteiger partial charge in [0.1, 0.15) is 0 Å². The lowest BCUT2D eigenvalue weighted by Crippen LogP contribution is -2.14. The molecule has 0 aliphatic heterocycles. The molecule has 3 nitrogen and oxygen atoms in total. The van der Waals surface area contributed by atoms with Gasteiger partial charge in [0.25, 0.3) is 0 Å². The number of hydrogen-bond donors (Lipinski definition) is 1. The van der Waals surface area contributed by atoms with Crippen molar-refractivity contribution in [3.63, 3.8) is 0 Å². The number of carbonyl (C=O) groups excluding carboxylic acids is 1. The first kappa shape index (κ1) is 16.7. The van der Waals surface area contributed by atoms with Crippen molar-refractivity contribution in [3.05, 3.63) is 65.0 Å². The summed E-state index contributed by atoms with van der Waals surface area (Å²) in [6.07, 6.45) is 2.39. The number of anilines is 1. The number of nitrogens with one attached hydrogen (secondary N) is 1. The standard InChI is InChI=1S/C19H18N2OS2/c1-13-3-7-15(8-4-13)17-12-24-19(20-17)21-18(22)11-14-5-9-16(23-2)10-6-14/h3-10,12H,11H2,1-2H3,(H,20,21,22). The number of nitrogens with zero attached hydrogens (tertiary/aromatic N) is 1. The normalized spacial score (nSPS) is 10.6. The number of carbonyl (C=O) groups is 1.